The quantitative estimate of drug-likeness (QED) is 0.618. The van der Waals surface area contributed by atoms with E-state index in [1.807, 2.05) is 0 Å². The van der Waals surface area contributed by atoms with Crippen LogP contribution in [0.3, 0.4) is 0 Å². The van der Waals surface area contributed by atoms with E-state index >= 15 is 0 Å². The van der Waals surface area contributed by atoms with Crippen LogP contribution in [0, 0.1) is 0 Å². The predicted molar refractivity (Wildman–Crippen MR) is 99.0 cm³/mol. The van der Waals surface area contributed by atoms with Crippen LogP contribution in [0.5, 0.6) is 0 Å². The Morgan fingerprint density at radius 3 is 2.66 bits per heavy atom. The van der Waals surface area contributed by atoms with Crippen molar-refractivity contribution in [3.8, 4) is 11.4 Å². The number of halogens is 3. The molecule has 0 spiro atoms. The number of nitrogens with one attached hydrogen (secondary N) is 2. The fourth-order valence-corrected chi connectivity index (χ4v) is 2.49. The molecule has 3 aromatic rings. The summed E-state index contributed by atoms with van der Waals surface area (Å²) < 4.78 is 48.4. The summed E-state index contributed by atoms with van der Waals surface area (Å²) in [5.74, 6) is -0.0213. The van der Waals surface area contributed by atoms with Gasteiger partial charge in [-0.05, 0) is 30.3 Å². The van der Waals surface area contributed by atoms with E-state index in [2.05, 4.69) is 20.8 Å². The molecule has 0 saturated heterocycles. The number of alkyl halides is 3. The van der Waals surface area contributed by atoms with Crippen molar-refractivity contribution in [2.24, 2.45) is 0 Å². The van der Waals surface area contributed by atoms with Gasteiger partial charge in [-0.3, -0.25) is 4.79 Å². The van der Waals surface area contributed by atoms with Crippen LogP contribution in [-0.4, -0.2) is 29.8 Å². The number of anilines is 2. The highest BCUT2D eigenvalue weighted by Gasteiger charge is 2.30. The molecular weight excluding hydrogens is 389 g/mol. The molecule has 10 heteroatoms. The summed E-state index contributed by atoms with van der Waals surface area (Å²) in [6, 6.07) is 11.6. The van der Waals surface area contributed by atoms with Crippen molar-refractivity contribution in [2.75, 3.05) is 24.4 Å². The van der Waals surface area contributed by atoms with Gasteiger partial charge >= 0.3 is 6.18 Å². The maximum atomic E-state index is 12.8. The molecule has 0 unspecified atom stereocenters. The first-order valence-corrected chi connectivity index (χ1v) is 8.48. The van der Waals surface area contributed by atoms with Gasteiger partial charge in [0, 0.05) is 24.0 Å². The summed E-state index contributed by atoms with van der Waals surface area (Å²) in [5, 5.41) is 9.46. The first-order valence-electron chi connectivity index (χ1n) is 8.48. The van der Waals surface area contributed by atoms with Crippen molar-refractivity contribution in [1.29, 1.82) is 0 Å². The summed E-state index contributed by atoms with van der Waals surface area (Å²) in [4.78, 5) is 15.7. The molecule has 2 aromatic carbocycles. The zero-order valence-corrected chi connectivity index (χ0v) is 15.3. The summed E-state index contributed by atoms with van der Waals surface area (Å²) in [6.45, 7) is 0.0966. The Labute approximate surface area is 163 Å². The molecule has 0 radical (unpaired) electrons. The zero-order valence-electron chi connectivity index (χ0n) is 15.3. The SMILES string of the molecule is COCC(=O)Nc1cccc(NCc2nc(-c3cccc(C(F)(F)F)c3)no2)c1. The zero-order chi connectivity index (χ0) is 20.9. The second kappa shape index (κ2) is 8.74. The minimum Gasteiger partial charge on any atom is -0.376 e. The maximum absolute atomic E-state index is 12.8. The van der Waals surface area contributed by atoms with Crippen LogP contribution in [-0.2, 0) is 22.3 Å². The number of amides is 1. The van der Waals surface area contributed by atoms with E-state index in [1.54, 1.807) is 24.3 Å². The smallest absolute Gasteiger partial charge is 0.376 e. The molecule has 152 valence electrons. The van der Waals surface area contributed by atoms with Gasteiger partial charge in [0.25, 0.3) is 0 Å². The van der Waals surface area contributed by atoms with Gasteiger partial charge in [-0.25, -0.2) is 0 Å². The Morgan fingerprint density at radius 1 is 1.14 bits per heavy atom. The number of carbonyl (C=O) groups excluding carboxylic acids is 1. The molecule has 29 heavy (non-hydrogen) atoms. The fraction of sp³-hybridized carbons (Fsp3) is 0.211. The van der Waals surface area contributed by atoms with E-state index in [0.29, 0.717) is 11.4 Å². The number of rotatable bonds is 7. The van der Waals surface area contributed by atoms with Gasteiger partial charge in [-0.1, -0.05) is 23.4 Å². The Morgan fingerprint density at radius 2 is 1.90 bits per heavy atom. The molecule has 1 heterocycles. The van der Waals surface area contributed by atoms with Crippen LogP contribution in [0.1, 0.15) is 11.5 Å². The number of carbonyl (C=O) groups is 1. The van der Waals surface area contributed by atoms with Crippen molar-refractivity contribution >= 4 is 17.3 Å². The van der Waals surface area contributed by atoms with E-state index in [4.69, 9.17) is 9.26 Å². The Bertz CT molecular complexity index is 989. The first kappa shape index (κ1) is 20.3. The number of hydrogen-bond acceptors (Lipinski definition) is 6. The van der Waals surface area contributed by atoms with E-state index in [-0.39, 0.29) is 36.3 Å². The second-order valence-corrected chi connectivity index (χ2v) is 6.01. The average Bonchev–Trinajstić information content (AvgIpc) is 3.15. The number of hydrogen-bond donors (Lipinski definition) is 2. The Balaban J connectivity index is 1.65. The van der Waals surface area contributed by atoms with E-state index in [1.165, 1.54) is 19.2 Å². The molecule has 0 aliphatic rings. The third-order valence-electron chi connectivity index (χ3n) is 3.78. The van der Waals surface area contributed by atoms with Gasteiger partial charge in [0.05, 0.1) is 12.1 Å². The monoisotopic (exact) mass is 406 g/mol. The Kier molecular flexibility index (Phi) is 6.13. The molecule has 0 aliphatic heterocycles. The summed E-state index contributed by atoms with van der Waals surface area (Å²) in [5.41, 5.74) is 0.677. The molecule has 0 fully saturated rings. The molecule has 2 N–H and O–H groups in total. The first-order chi connectivity index (χ1) is 13.8. The van der Waals surface area contributed by atoms with Gasteiger partial charge in [0.15, 0.2) is 0 Å². The van der Waals surface area contributed by atoms with Crippen molar-refractivity contribution in [3.63, 3.8) is 0 Å². The molecule has 0 atom stereocenters. The number of methoxy groups -OCH3 is 1. The van der Waals surface area contributed by atoms with Crippen molar-refractivity contribution in [1.82, 2.24) is 10.1 Å². The lowest BCUT2D eigenvalue weighted by atomic mass is 10.1. The number of benzene rings is 2. The lowest BCUT2D eigenvalue weighted by Crippen LogP contribution is -2.17. The molecule has 0 saturated carbocycles. The van der Waals surface area contributed by atoms with Crippen molar-refractivity contribution in [3.05, 3.63) is 60.0 Å². The van der Waals surface area contributed by atoms with Crippen LogP contribution in [0.2, 0.25) is 0 Å². The van der Waals surface area contributed by atoms with Gasteiger partial charge in [-0.15, -0.1) is 0 Å². The minimum atomic E-state index is -4.45. The van der Waals surface area contributed by atoms with Gasteiger partial charge < -0.3 is 19.9 Å². The van der Waals surface area contributed by atoms with Gasteiger partial charge in [0.2, 0.25) is 17.6 Å². The number of nitrogens with zero attached hydrogens (tertiary/aromatic N) is 2. The standard InChI is InChI=1S/C19H17F3N4O3/c1-28-11-16(27)24-15-7-3-6-14(9-15)23-10-17-25-18(26-29-17)12-4-2-5-13(8-12)19(20,21)22/h2-9,23H,10-11H2,1H3,(H,24,27). The highest BCUT2D eigenvalue weighted by atomic mass is 19.4. The molecular formula is C19H17F3N4O3. The van der Waals surface area contributed by atoms with E-state index < -0.39 is 11.7 Å². The average molecular weight is 406 g/mol. The van der Waals surface area contributed by atoms with Crippen LogP contribution < -0.4 is 10.6 Å². The highest BCUT2D eigenvalue weighted by molar-refractivity contribution is 5.92. The van der Waals surface area contributed by atoms with Crippen LogP contribution in [0.4, 0.5) is 24.5 Å². The number of aromatic nitrogens is 2. The molecule has 1 amide bonds. The summed E-state index contributed by atoms with van der Waals surface area (Å²) in [7, 11) is 1.43. The minimum absolute atomic E-state index is 0.0576. The maximum Gasteiger partial charge on any atom is 0.416 e. The summed E-state index contributed by atoms with van der Waals surface area (Å²) >= 11 is 0. The highest BCUT2D eigenvalue weighted by Crippen LogP contribution is 2.31. The van der Waals surface area contributed by atoms with Gasteiger partial charge in [-0.2, -0.15) is 18.2 Å². The molecule has 3 rings (SSSR count). The lowest BCUT2D eigenvalue weighted by Gasteiger charge is -2.08. The van der Waals surface area contributed by atoms with Crippen LogP contribution in [0.15, 0.2) is 53.1 Å². The van der Waals surface area contributed by atoms with Gasteiger partial charge in [0.1, 0.15) is 6.61 Å². The number of ether oxygens (including phenoxy) is 1. The Hall–Kier alpha value is -3.40. The predicted octanol–water partition coefficient (Wildman–Crippen LogP) is 3.95. The van der Waals surface area contributed by atoms with E-state index in [0.717, 1.165) is 12.1 Å². The molecule has 0 aliphatic carbocycles. The van der Waals surface area contributed by atoms with Crippen LogP contribution >= 0.6 is 0 Å². The lowest BCUT2D eigenvalue weighted by molar-refractivity contribution is -0.137. The van der Waals surface area contributed by atoms with Crippen molar-refractivity contribution in [2.45, 2.75) is 12.7 Å². The molecule has 1 aromatic heterocycles. The normalized spacial score (nSPS) is 11.3. The molecule has 7 nitrogen and oxygen atoms in total. The largest absolute Gasteiger partial charge is 0.416 e. The van der Waals surface area contributed by atoms with Crippen molar-refractivity contribution < 1.29 is 27.2 Å². The van der Waals surface area contributed by atoms with E-state index in [9.17, 15) is 18.0 Å². The third kappa shape index (κ3) is 5.55. The fourth-order valence-electron chi connectivity index (χ4n) is 2.49. The topological polar surface area (TPSA) is 89.3 Å². The second-order valence-electron chi connectivity index (χ2n) is 6.01. The third-order valence-corrected chi connectivity index (χ3v) is 3.78. The summed E-state index contributed by atoms with van der Waals surface area (Å²) in [6.07, 6.45) is -4.45. The van der Waals surface area contributed by atoms with Crippen LogP contribution in [0.25, 0.3) is 11.4 Å². The molecule has 0 bridgehead atoms.